The predicted molar refractivity (Wildman–Crippen MR) is 96.2 cm³/mol. The third kappa shape index (κ3) is 3.88. The molecule has 7 heteroatoms. The summed E-state index contributed by atoms with van der Waals surface area (Å²) in [5.74, 6) is -0.744. The van der Waals surface area contributed by atoms with Crippen LogP contribution >= 0.6 is 0 Å². The van der Waals surface area contributed by atoms with Gasteiger partial charge in [-0.15, -0.1) is 0 Å². The number of aromatic nitrogens is 2. The molecule has 0 radical (unpaired) electrons. The summed E-state index contributed by atoms with van der Waals surface area (Å²) in [7, 11) is 0. The average molecular weight is 356 g/mol. The molecule has 2 amide bonds. The summed E-state index contributed by atoms with van der Waals surface area (Å²) in [6, 6.07) is 11.6. The van der Waals surface area contributed by atoms with Crippen LogP contribution in [0.4, 0.5) is 25.0 Å². The summed E-state index contributed by atoms with van der Waals surface area (Å²) in [5, 5.41) is 9.65. The molecule has 26 heavy (non-hydrogen) atoms. The van der Waals surface area contributed by atoms with Crippen molar-refractivity contribution >= 4 is 17.4 Å². The number of carbonyl (C=O) groups is 1. The zero-order valence-corrected chi connectivity index (χ0v) is 14.4. The minimum Gasteiger partial charge on any atom is -0.308 e. The normalized spacial score (nSPS) is 10.6. The average Bonchev–Trinajstić information content (AvgIpc) is 2.84. The van der Waals surface area contributed by atoms with Crippen molar-refractivity contribution in [1.82, 2.24) is 9.78 Å². The van der Waals surface area contributed by atoms with E-state index in [1.807, 2.05) is 0 Å². The molecule has 0 fully saturated rings. The van der Waals surface area contributed by atoms with Gasteiger partial charge >= 0.3 is 6.03 Å². The van der Waals surface area contributed by atoms with E-state index >= 15 is 0 Å². The maximum Gasteiger partial charge on any atom is 0.323 e. The van der Waals surface area contributed by atoms with E-state index < -0.39 is 11.8 Å². The van der Waals surface area contributed by atoms with Crippen LogP contribution in [0.3, 0.4) is 0 Å². The molecule has 0 aliphatic heterocycles. The van der Waals surface area contributed by atoms with Crippen molar-refractivity contribution in [3.63, 3.8) is 0 Å². The van der Waals surface area contributed by atoms with Crippen molar-refractivity contribution < 1.29 is 13.6 Å². The van der Waals surface area contributed by atoms with Gasteiger partial charge in [-0.1, -0.05) is 24.3 Å². The van der Waals surface area contributed by atoms with E-state index in [9.17, 15) is 13.6 Å². The zero-order chi connectivity index (χ0) is 18.7. The van der Waals surface area contributed by atoms with Crippen molar-refractivity contribution in [3.05, 3.63) is 77.1 Å². The Morgan fingerprint density at radius 1 is 1.08 bits per heavy atom. The van der Waals surface area contributed by atoms with E-state index in [4.69, 9.17) is 0 Å². The van der Waals surface area contributed by atoms with Crippen LogP contribution in [0.5, 0.6) is 0 Å². The molecule has 1 heterocycles. The third-order valence-electron chi connectivity index (χ3n) is 3.98. The maximum atomic E-state index is 13.8. The van der Waals surface area contributed by atoms with Gasteiger partial charge in [-0.05, 0) is 38.1 Å². The van der Waals surface area contributed by atoms with Crippen LogP contribution in [0.15, 0.2) is 48.5 Å². The predicted octanol–water partition coefficient (Wildman–Crippen LogP) is 4.47. The van der Waals surface area contributed by atoms with Gasteiger partial charge in [0, 0.05) is 11.3 Å². The standard InChI is InChI=1S/C19H18F2N4O/c1-12-18(23-19(26)22-16-8-5-7-15(20)10-16)13(2)25(24-12)11-14-6-3-4-9-17(14)21/h3-10H,11H2,1-2H3,(H2,22,23,26). The first-order valence-corrected chi connectivity index (χ1v) is 8.05. The fourth-order valence-electron chi connectivity index (χ4n) is 2.66. The SMILES string of the molecule is Cc1nn(Cc2ccccc2F)c(C)c1NC(=O)Nc1cccc(F)c1. The van der Waals surface area contributed by atoms with E-state index in [1.165, 1.54) is 24.3 Å². The summed E-state index contributed by atoms with van der Waals surface area (Å²) in [4.78, 5) is 12.2. The van der Waals surface area contributed by atoms with E-state index in [2.05, 4.69) is 15.7 Å². The largest absolute Gasteiger partial charge is 0.323 e. The van der Waals surface area contributed by atoms with Crippen LogP contribution in [-0.4, -0.2) is 15.8 Å². The Labute approximate surface area is 149 Å². The Kier molecular flexibility index (Phi) is 4.97. The molecule has 0 aliphatic rings. The molecule has 5 nitrogen and oxygen atoms in total. The van der Waals surface area contributed by atoms with Crippen molar-refractivity contribution in [2.75, 3.05) is 10.6 Å². The van der Waals surface area contributed by atoms with E-state index in [0.29, 0.717) is 28.3 Å². The lowest BCUT2D eigenvalue weighted by atomic mass is 10.2. The van der Waals surface area contributed by atoms with Crippen molar-refractivity contribution in [1.29, 1.82) is 0 Å². The molecule has 0 saturated carbocycles. The van der Waals surface area contributed by atoms with Crippen LogP contribution in [0.25, 0.3) is 0 Å². The first-order valence-electron chi connectivity index (χ1n) is 8.05. The van der Waals surface area contributed by atoms with Gasteiger partial charge in [0.25, 0.3) is 0 Å². The molecule has 3 aromatic rings. The molecule has 0 atom stereocenters. The first kappa shape index (κ1) is 17.6. The van der Waals surface area contributed by atoms with Gasteiger partial charge < -0.3 is 10.6 Å². The number of nitrogens with one attached hydrogen (secondary N) is 2. The first-order chi connectivity index (χ1) is 12.4. The summed E-state index contributed by atoms with van der Waals surface area (Å²) in [5.41, 5.74) is 2.69. The van der Waals surface area contributed by atoms with Crippen LogP contribution in [0, 0.1) is 25.5 Å². The number of carbonyl (C=O) groups excluding carboxylic acids is 1. The van der Waals surface area contributed by atoms with E-state index in [1.54, 1.807) is 42.8 Å². The van der Waals surface area contributed by atoms with Gasteiger partial charge in [0.2, 0.25) is 0 Å². The topological polar surface area (TPSA) is 59.0 Å². The van der Waals surface area contributed by atoms with Crippen molar-refractivity contribution in [2.45, 2.75) is 20.4 Å². The number of nitrogens with zero attached hydrogens (tertiary/aromatic N) is 2. The highest BCUT2D eigenvalue weighted by molar-refractivity contribution is 6.00. The Bertz CT molecular complexity index is 952. The molecule has 0 bridgehead atoms. The summed E-state index contributed by atoms with van der Waals surface area (Å²) in [6.45, 7) is 3.80. The number of halogens is 2. The molecule has 2 aromatic carbocycles. The molecule has 0 spiro atoms. The highest BCUT2D eigenvalue weighted by Gasteiger charge is 2.15. The van der Waals surface area contributed by atoms with Crippen LogP contribution in [-0.2, 0) is 6.54 Å². The van der Waals surface area contributed by atoms with Crippen molar-refractivity contribution in [3.8, 4) is 0 Å². The minimum atomic E-state index is -0.507. The fourth-order valence-corrected chi connectivity index (χ4v) is 2.66. The molecule has 0 unspecified atom stereocenters. The lowest BCUT2D eigenvalue weighted by Crippen LogP contribution is -2.20. The summed E-state index contributed by atoms with van der Waals surface area (Å²) in [6.07, 6.45) is 0. The van der Waals surface area contributed by atoms with Crippen LogP contribution in [0.1, 0.15) is 17.0 Å². The molecular formula is C19H18F2N4O. The number of urea groups is 1. The van der Waals surface area contributed by atoms with Gasteiger partial charge in [-0.3, -0.25) is 4.68 Å². The van der Waals surface area contributed by atoms with Gasteiger partial charge in [0.15, 0.2) is 0 Å². The molecule has 3 rings (SSSR count). The van der Waals surface area contributed by atoms with Crippen LogP contribution in [0.2, 0.25) is 0 Å². The Morgan fingerprint density at radius 2 is 1.85 bits per heavy atom. The van der Waals surface area contributed by atoms with Gasteiger partial charge in [0.1, 0.15) is 11.6 Å². The Balaban J connectivity index is 1.75. The smallest absolute Gasteiger partial charge is 0.308 e. The highest BCUT2D eigenvalue weighted by atomic mass is 19.1. The molecule has 0 aliphatic carbocycles. The van der Waals surface area contributed by atoms with Gasteiger partial charge in [-0.25, -0.2) is 13.6 Å². The Hall–Kier alpha value is -3.22. The number of hydrogen-bond acceptors (Lipinski definition) is 2. The number of rotatable bonds is 4. The molecular weight excluding hydrogens is 338 g/mol. The summed E-state index contributed by atoms with van der Waals surface area (Å²) >= 11 is 0. The lowest BCUT2D eigenvalue weighted by Gasteiger charge is -2.09. The molecule has 2 N–H and O–H groups in total. The van der Waals surface area contributed by atoms with Crippen molar-refractivity contribution in [2.24, 2.45) is 0 Å². The van der Waals surface area contributed by atoms with Gasteiger partial charge in [0.05, 0.1) is 23.6 Å². The number of anilines is 2. The molecule has 134 valence electrons. The minimum absolute atomic E-state index is 0.256. The van der Waals surface area contributed by atoms with Crippen LogP contribution < -0.4 is 10.6 Å². The molecule has 0 saturated heterocycles. The summed E-state index contributed by atoms with van der Waals surface area (Å²) < 4.78 is 28.7. The maximum absolute atomic E-state index is 13.8. The molecule has 1 aromatic heterocycles. The third-order valence-corrected chi connectivity index (χ3v) is 3.98. The van der Waals surface area contributed by atoms with E-state index in [0.717, 1.165) is 0 Å². The second-order valence-electron chi connectivity index (χ2n) is 5.88. The monoisotopic (exact) mass is 356 g/mol. The fraction of sp³-hybridized carbons (Fsp3) is 0.158. The van der Waals surface area contributed by atoms with E-state index in [-0.39, 0.29) is 12.4 Å². The number of amides is 2. The second kappa shape index (κ2) is 7.35. The number of hydrogen-bond donors (Lipinski definition) is 2. The highest BCUT2D eigenvalue weighted by Crippen LogP contribution is 2.21. The number of benzene rings is 2. The van der Waals surface area contributed by atoms with Gasteiger partial charge in [-0.2, -0.15) is 5.10 Å². The quantitative estimate of drug-likeness (QED) is 0.725. The second-order valence-corrected chi connectivity index (χ2v) is 5.88. The lowest BCUT2D eigenvalue weighted by molar-refractivity contribution is 0.262. The number of aryl methyl sites for hydroxylation is 1. The zero-order valence-electron chi connectivity index (χ0n) is 14.4. The Morgan fingerprint density at radius 3 is 2.58 bits per heavy atom.